The molecule has 0 amide bonds. The van der Waals surface area contributed by atoms with Gasteiger partial charge in [0.2, 0.25) is 0 Å². The van der Waals surface area contributed by atoms with Crippen LogP contribution >= 0.6 is 12.4 Å². The zero-order valence-corrected chi connectivity index (χ0v) is 5.73. The number of carbonyl (C=O) groups is 1. The van der Waals surface area contributed by atoms with Gasteiger partial charge in [0.1, 0.15) is 0 Å². The first kappa shape index (κ1) is 11.1. The number of carboxylic acids is 1. The van der Waals surface area contributed by atoms with E-state index in [0.717, 1.165) is 0 Å². The van der Waals surface area contributed by atoms with Crippen LogP contribution in [0.3, 0.4) is 0 Å². The van der Waals surface area contributed by atoms with Gasteiger partial charge in [0.05, 0.1) is 0 Å². The molecule has 0 aromatic rings. The molecule has 9 heavy (non-hydrogen) atoms. The van der Waals surface area contributed by atoms with Crippen molar-refractivity contribution in [2.45, 2.75) is 12.5 Å². The summed E-state index contributed by atoms with van der Waals surface area (Å²) in [5.74, 6) is 0.738. The molecular weight excluding hydrogens is 142 g/mol. The third-order valence-electron chi connectivity index (χ3n) is 0.744. The molecule has 0 radical (unpaired) electrons. The normalized spacial score (nSPS) is 14.3. The van der Waals surface area contributed by atoms with Crippen molar-refractivity contribution >= 4 is 18.4 Å². The van der Waals surface area contributed by atoms with Crippen LogP contribution in [0.25, 0.3) is 0 Å². The second kappa shape index (κ2) is 3.33. The van der Waals surface area contributed by atoms with Gasteiger partial charge >= 0.3 is 5.97 Å². The molecule has 0 aliphatic rings. The van der Waals surface area contributed by atoms with Gasteiger partial charge in [-0.3, -0.25) is 0 Å². The molecule has 0 bridgehead atoms. The molecule has 0 spiro atoms. The van der Waals surface area contributed by atoms with Crippen LogP contribution in [0.15, 0.2) is 0 Å². The molecule has 52 valence electrons. The highest BCUT2D eigenvalue weighted by Gasteiger charge is 2.23. The summed E-state index contributed by atoms with van der Waals surface area (Å²) in [4.78, 5) is 9.98. The summed E-state index contributed by atoms with van der Waals surface area (Å²) in [5, 5.41) is 8.17. The van der Waals surface area contributed by atoms with E-state index in [1.54, 1.807) is 0 Å². The number of hydrogen-bond donors (Lipinski definition) is 2. The lowest BCUT2D eigenvalue weighted by atomic mass is 10.1. The van der Waals surface area contributed by atoms with Crippen molar-refractivity contribution < 1.29 is 9.90 Å². The number of halogens is 1. The third-order valence-corrected chi connectivity index (χ3v) is 0.744. The maximum atomic E-state index is 9.98. The Morgan fingerprint density at radius 1 is 1.89 bits per heavy atom. The summed E-state index contributed by atoms with van der Waals surface area (Å²) in [6, 6.07) is 0. The van der Waals surface area contributed by atoms with Crippen molar-refractivity contribution in [3.8, 4) is 12.3 Å². The number of nitrogens with two attached hydrogens (primary N) is 1. The van der Waals surface area contributed by atoms with Crippen molar-refractivity contribution in [1.29, 1.82) is 0 Å². The predicted octanol–water partition coefficient (Wildman–Crippen LogP) is -0.157. The van der Waals surface area contributed by atoms with Gasteiger partial charge < -0.3 is 10.8 Å². The highest BCUT2D eigenvalue weighted by Crippen LogP contribution is 1.93. The second-order valence-electron chi connectivity index (χ2n) is 1.65. The van der Waals surface area contributed by atoms with Crippen LogP contribution in [0.2, 0.25) is 0 Å². The van der Waals surface area contributed by atoms with Crippen molar-refractivity contribution in [3.63, 3.8) is 0 Å². The molecule has 0 aliphatic heterocycles. The van der Waals surface area contributed by atoms with Crippen LogP contribution < -0.4 is 5.73 Å². The Labute approximate surface area is 59.6 Å². The fraction of sp³-hybridized carbons (Fsp3) is 0.400. The molecule has 0 unspecified atom stereocenters. The van der Waals surface area contributed by atoms with E-state index in [-0.39, 0.29) is 12.4 Å². The van der Waals surface area contributed by atoms with E-state index >= 15 is 0 Å². The van der Waals surface area contributed by atoms with E-state index in [2.05, 4.69) is 0 Å². The van der Waals surface area contributed by atoms with E-state index < -0.39 is 11.5 Å². The summed E-state index contributed by atoms with van der Waals surface area (Å²) >= 11 is 0. The Morgan fingerprint density at radius 3 is 2.22 bits per heavy atom. The Bertz CT molecular complexity index is 148. The number of rotatable bonds is 1. The average Bonchev–Trinajstić information content (AvgIpc) is 1.67. The lowest BCUT2D eigenvalue weighted by Crippen LogP contribution is -2.42. The lowest BCUT2D eigenvalue weighted by Gasteiger charge is -2.08. The molecule has 1 atom stereocenters. The molecular formula is C5H8ClNO2. The number of hydrogen-bond acceptors (Lipinski definition) is 2. The van der Waals surface area contributed by atoms with Gasteiger partial charge in [-0.15, -0.1) is 18.8 Å². The summed E-state index contributed by atoms with van der Waals surface area (Å²) in [5.41, 5.74) is 3.51. The monoisotopic (exact) mass is 149 g/mol. The average molecular weight is 150 g/mol. The van der Waals surface area contributed by atoms with E-state index in [4.69, 9.17) is 17.3 Å². The molecule has 0 aromatic heterocycles. The maximum absolute atomic E-state index is 9.98. The first-order valence-corrected chi connectivity index (χ1v) is 2.01. The smallest absolute Gasteiger partial charge is 0.335 e. The molecule has 0 aromatic carbocycles. The van der Waals surface area contributed by atoms with Crippen LogP contribution in [-0.4, -0.2) is 16.6 Å². The largest absolute Gasteiger partial charge is 0.479 e. The number of terminal acetylenes is 1. The lowest BCUT2D eigenvalue weighted by molar-refractivity contribution is -0.140. The van der Waals surface area contributed by atoms with Gasteiger partial charge in [-0.05, 0) is 6.92 Å². The van der Waals surface area contributed by atoms with Crippen LogP contribution in [0.4, 0.5) is 0 Å². The van der Waals surface area contributed by atoms with Gasteiger partial charge in [-0.2, -0.15) is 0 Å². The molecule has 0 saturated heterocycles. The second-order valence-corrected chi connectivity index (χ2v) is 1.65. The molecule has 0 saturated carbocycles. The number of aliphatic carboxylic acids is 1. The molecule has 0 heterocycles. The zero-order valence-electron chi connectivity index (χ0n) is 4.92. The van der Waals surface area contributed by atoms with Crippen molar-refractivity contribution in [1.82, 2.24) is 0 Å². The first-order valence-electron chi connectivity index (χ1n) is 2.01. The van der Waals surface area contributed by atoms with E-state index in [1.807, 2.05) is 5.92 Å². The summed E-state index contributed by atoms with van der Waals surface area (Å²) in [6.45, 7) is 1.26. The van der Waals surface area contributed by atoms with Gasteiger partial charge in [0.15, 0.2) is 5.54 Å². The molecule has 3 N–H and O–H groups in total. The highest BCUT2D eigenvalue weighted by molar-refractivity contribution is 5.85. The quantitative estimate of drug-likeness (QED) is 0.510. The Hall–Kier alpha value is -0.720. The van der Waals surface area contributed by atoms with Crippen molar-refractivity contribution in [3.05, 3.63) is 0 Å². The first-order chi connectivity index (χ1) is 3.50. The fourth-order valence-electron chi connectivity index (χ4n) is 0.0617. The minimum atomic E-state index is -1.51. The topological polar surface area (TPSA) is 63.3 Å². The number of carboxylic acid groups (broad SMARTS) is 1. The maximum Gasteiger partial charge on any atom is 0.335 e. The van der Waals surface area contributed by atoms with E-state index in [1.165, 1.54) is 6.92 Å². The molecule has 0 rings (SSSR count). The molecule has 0 aliphatic carbocycles. The summed E-state index contributed by atoms with van der Waals surface area (Å²) in [7, 11) is 0. The summed E-state index contributed by atoms with van der Waals surface area (Å²) < 4.78 is 0. The van der Waals surface area contributed by atoms with E-state index in [0.29, 0.717) is 0 Å². The van der Waals surface area contributed by atoms with Gasteiger partial charge in [0, 0.05) is 0 Å². The molecule has 3 nitrogen and oxygen atoms in total. The summed E-state index contributed by atoms with van der Waals surface area (Å²) in [6.07, 6.45) is 4.75. The Morgan fingerprint density at radius 2 is 2.22 bits per heavy atom. The predicted molar refractivity (Wildman–Crippen MR) is 36.3 cm³/mol. The van der Waals surface area contributed by atoms with Crippen LogP contribution in [0.5, 0.6) is 0 Å². The molecule has 4 heteroatoms. The minimum Gasteiger partial charge on any atom is -0.479 e. The molecule has 0 fully saturated rings. The van der Waals surface area contributed by atoms with Crippen molar-refractivity contribution in [2.24, 2.45) is 5.73 Å². The van der Waals surface area contributed by atoms with Crippen LogP contribution in [-0.2, 0) is 4.79 Å². The van der Waals surface area contributed by atoms with Gasteiger partial charge in [-0.25, -0.2) is 4.79 Å². The van der Waals surface area contributed by atoms with Crippen molar-refractivity contribution in [2.75, 3.05) is 0 Å². The Balaban J connectivity index is 0. The van der Waals surface area contributed by atoms with Gasteiger partial charge in [-0.1, -0.05) is 5.92 Å². The SMILES string of the molecule is C#C[C@@](C)(N)C(=O)O.Cl. The van der Waals surface area contributed by atoms with Gasteiger partial charge in [0.25, 0.3) is 0 Å². The third kappa shape index (κ3) is 2.96. The fourth-order valence-corrected chi connectivity index (χ4v) is 0.0617. The van der Waals surface area contributed by atoms with Crippen LogP contribution in [0, 0.1) is 12.3 Å². The van der Waals surface area contributed by atoms with E-state index in [9.17, 15) is 4.79 Å². The minimum absolute atomic E-state index is 0. The highest BCUT2D eigenvalue weighted by atomic mass is 35.5. The zero-order chi connectivity index (χ0) is 6.78. The standard InChI is InChI=1S/C5H7NO2.ClH/c1-3-5(2,6)4(7)8;/h1H,6H2,2H3,(H,7,8);1H/t5-;/m1./s1. The van der Waals surface area contributed by atoms with Crippen LogP contribution in [0.1, 0.15) is 6.92 Å². The Kier molecular flexibility index (Phi) is 4.12.